The summed E-state index contributed by atoms with van der Waals surface area (Å²) in [6.07, 6.45) is 5.66. The number of benzene rings is 2. The quantitative estimate of drug-likeness (QED) is 0.418. The van der Waals surface area contributed by atoms with Crippen molar-refractivity contribution in [3.05, 3.63) is 69.8 Å². The molecule has 31 heavy (non-hydrogen) atoms. The third-order valence-electron chi connectivity index (χ3n) is 6.67. The van der Waals surface area contributed by atoms with Crippen molar-refractivity contribution in [3.63, 3.8) is 0 Å². The molecular formula is C28H37NaO2. The van der Waals surface area contributed by atoms with Gasteiger partial charge >= 0.3 is 35.5 Å². The summed E-state index contributed by atoms with van der Waals surface area (Å²) in [4.78, 5) is 11.1. The summed E-state index contributed by atoms with van der Waals surface area (Å²) in [6, 6.07) is 12.1. The van der Waals surface area contributed by atoms with Gasteiger partial charge in [-0.05, 0) is 88.5 Å². The number of carboxylic acid groups (broad SMARTS) is 1. The van der Waals surface area contributed by atoms with Gasteiger partial charge in [0.15, 0.2) is 0 Å². The maximum absolute atomic E-state index is 11.1. The van der Waals surface area contributed by atoms with Crippen LogP contribution in [-0.2, 0) is 17.3 Å². The molecule has 1 aliphatic carbocycles. The Kier molecular flexibility index (Phi) is 8.06. The Morgan fingerprint density at radius 2 is 1.52 bits per heavy atom. The molecule has 0 saturated carbocycles. The third-order valence-corrected chi connectivity index (χ3v) is 6.67. The van der Waals surface area contributed by atoms with Crippen LogP contribution in [0, 0.1) is 5.92 Å². The Bertz CT molecular complexity index is 979. The molecule has 0 fully saturated rings. The molecule has 0 spiro atoms. The van der Waals surface area contributed by atoms with Crippen molar-refractivity contribution in [2.24, 2.45) is 5.92 Å². The van der Waals surface area contributed by atoms with Crippen molar-refractivity contribution in [1.29, 1.82) is 0 Å². The second-order valence-corrected chi connectivity index (χ2v) is 10.7. The van der Waals surface area contributed by atoms with Gasteiger partial charge in [0.1, 0.15) is 0 Å². The normalized spacial score (nSPS) is 17.1. The van der Waals surface area contributed by atoms with Gasteiger partial charge < -0.3 is 5.11 Å². The van der Waals surface area contributed by atoms with Crippen molar-refractivity contribution in [2.45, 2.75) is 78.6 Å². The van der Waals surface area contributed by atoms with E-state index in [4.69, 9.17) is 5.11 Å². The van der Waals surface area contributed by atoms with Gasteiger partial charge in [0, 0.05) is 0 Å². The van der Waals surface area contributed by atoms with Gasteiger partial charge in [0.05, 0.1) is 5.56 Å². The zero-order valence-corrected chi connectivity index (χ0v) is 19.6. The first-order valence-electron chi connectivity index (χ1n) is 11.1. The molecular weight excluding hydrogens is 391 g/mol. The van der Waals surface area contributed by atoms with E-state index in [2.05, 4.69) is 66.7 Å². The Labute approximate surface area is 210 Å². The van der Waals surface area contributed by atoms with Crippen LogP contribution in [0.15, 0.2) is 36.4 Å². The van der Waals surface area contributed by atoms with Crippen molar-refractivity contribution in [3.8, 4) is 0 Å². The minimum atomic E-state index is -0.888. The van der Waals surface area contributed by atoms with E-state index in [0.717, 1.165) is 12.0 Å². The second-order valence-electron chi connectivity index (χ2n) is 10.7. The number of hydrogen-bond donors (Lipinski definition) is 1. The van der Waals surface area contributed by atoms with Gasteiger partial charge in [-0.3, -0.25) is 0 Å². The molecule has 0 bridgehead atoms. The summed E-state index contributed by atoms with van der Waals surface area (Å²) in [6.45, 7) is 16.2. The Morgan fingerprint density at radius 3 is 2.00 bits per heavy atom. The average molecular weight is 429 g/mol. The number of rotatable bonds is 5. The molecule has 0 radical (unpaired) electrons. The number of hydrogen-bond acceptors (Lipinski definition) is 1. The molecule has 2 nitrogen and oxygen atoms in total. The van der Waals surface area contributed by atoms with E-state index < -0.39 is 5.97 Å². The van der Waals surface area contributed by atoms with Crippen molar-refractivity contribution in [1.82, 2.24) is 0 Å². The topological polar surface area (TPSA) is 37.3 Å². The van der Waals surface area contributed by atoms with E-state index in [0.29, 0.717) is 11.5 Å². The van der Waals surface area contributed by atoms with Gasteiger partial charge in [-0.2, -0.15) is 0 Å². The Hall–Kier alpha value is -1.35. The monoisotopic (exact) mass is 428 g/mol. The molecule has 1 N–H and O–H groups in total. The van der Waals surface area contributed by atoms with E-state index in [1.165, 1.54) is 40.7 Å². The van der Waals surface area contributed by atoms with Crippen LogP contribution in [0.1, 0.15) is 99.5 Å². The molecule has 2 aromatic rings. The molecule has 2 aromatic carbocycles. The fourth-order valence-electron chi connectivity index (χ4n) is 4.68. The molecule has 1 aliphatic rings. The first kappa shape index (κ1) is 25.9. The van der Waals surface area contributed by atoms with E-state index in [9.17, 15) is 4.79 Å². The predicted molar refractivity (Wildman–Crippen MR) is 134 cm³/mol. The van der Waals surface area contributed by atoms with E-state index in [1.807, 2.05) is 12.1 Å². The fraction of sp³-hybridized carbons (Fsp3) is 0.464. The van der Waals surface area contributed by atoms with Crippen LogP contribution in [0.2, 0.25) is 0 Å². The summed E-state index contributed by atoms with van der Waals surface area (Å²) in [5.74, 6) is -0.301. The van der Waals surface area contributed by atoms with Gasteiger partial charge in [-0.25, -0.2) is 4.79 Å². The van der Waals surface area contributed by atoms with Gasteiger partial charge in [-0.1, -0.05) is 71.9 Å². The molecule has 0 heterocycles. The first-order valence-corrected chi connectivity index (χ1v) is 11.1. The third kappa shape index (κ3) is 5.72. The Morgan fingerprint density at radius 1 is 1.00 bits per heavy atom. The van der Waals surface area contributed by atoms with Gasteiger partial charge in [-0.15, -0.1) is 0 Å². The maximum atomic E-state index is 11.1. The molecule has 3 heteroatoms. The minimum absolute atomic E-state index is 0. The molecule has 0 atom stereocenters. The number of carboxylic acids is 1. The molecule has 162 valence electrons. The number of aromatic carboxylic acids is 1. The van der Waals surface area contributed by atoms with Crippen molar-refractivity contribution < 1.29 is 9.90 Å². The van der Waals surface area contributed by atoms with Crippen LogP contribution in [0.5, 0.6) is 0 Å². The van der Waals surface area contributed by atoms with Crippen molar-refractivity contribution >= 4 is 47.2 Å². The molecule has 0 amide bonds. The molecule has 0 aliphatic heterocycles. The average Bonchev–Trinajstić information content (AvgIpc) is 2.65. The fourth-order valence-corrected chi connectivity index (χ4v) is 4.68. The van der Waals surface area contributed by atoms with Crippen LogP contribution in [0.4, 0.5) is 0 Å². The zero-order valence-electron chi connectivity index (χ0n) is 19.6. The number of allylic oxidation sites excluding steroid dienone is 1. The number of fused-ring (bicyclic) bond motifs is 1. The summed E-state index contributed by atoms with van der Waals surface area (Å²) in [7, 11) is 0. The first-order chi connectivity index (χ1) is 13.9. The van der Waals surface area contributed by atoms with Crippen LogP contribution < -0.4 is 0 Å². The molecule has 0 unspecified atom stereocenters. The standard InChI is InChI=1S/C28H36O2.Na.H/c1-18(2)14-22-16-24-25(28(6,7)13-12-27(24,4)5)17-23(22)19(3)15-20-8-10-21(11-9-20)26(29)30;;/h8-11,15-18H,12-14H2,1-7H3,(H,29,30);;/b19-15+;;. The second kappa shape index (κ2) is 9.65. The Balaban J connectivity index is 0.00000341. The molecule has 0 aromatic heterocycles. The summed E-state index contributed by atoms with van der Waals surface area (Å²) < 4.78 is 0. The summed E-state index contributed by atoms with van der Waals surface area (Å²) in [5, 5.41) is 9.14. The van der Waals surface area contributed by atoms with Gasteiger partial charge in [0.25, 0.3) is 0 Å². The number of carbonyl (C=O) groups is 1. The van der Waals surface area contributed by atoms with Crippen molar-refractivity contribution in [2.75, 3.05) is 0 Å². The zero-order chi connectivity index (χ0) is 22.3. The van der Waals surface area contributed by atoms with E-state index in [-0.39, 0.29) is 40.4 Å². The summed E-state index contributed by atoms with van der Waals surface area (Å²) in [5.41, 5.74) is 8.72. The van der Waals surface area contributed by atoms with Crippen LogP contribution in [0.25, 0.3) is 11.6 Å². The predicted octanol–water partition coefficient (Wildman–Crippen LogP) is 6.84. The molecule has 3 rings (SSSR count). The van der Waals surface area contributed by atoms with E-state index >= 15 is 0 Å². The molecule has 0 saturated heterocycles. The summed E-state index contributed by atoms with van der Waals surface area (Å²) >= 11 is 0. The SMILES string of the molecule is C/C(=C\c1ccc(C(=O)O)cc1)c1cc2c(cc1CC(C)C)C(C)(C)CCC2(C)C.[NaH]. The van der Waals surface area contributed by atoms with Crippen LogP contribution >= 0.6 is 0 Å². The van der Waals surface area contributed by atoms with Gasteiger partial charge in [0.2, 0.25) is 0 Å². The van der Waals surface area contributed by atoms with Crippen LogP contribution in [0.3, 0.4) is 0 Å². The van der Waals surface area contributed by atoms with Crippen LogP contribution in [-0.4, -0.2) is 40.6 Å². The van der Waals surface area contributed by atoms with E-state index in [1.54, 1.807) is 12.1 Å².